The Bertz CT molecular complexity index is 1480. The second kappa shape index (κ2) is 15.7. The maximum atomic E-state index is 15.6. The van der Waals surface area contributed by atoms with E-state index in [1.54, 1.807) is 11.2 Å². The average Bonchev–Trinajstić information content (AvgIpc) is 3.09. The van der Waals surface area contributed by atoms with E-state index in [4.69, 9.17) is 5.73 Å². The molecule has 2 amide bonds. The van der Waals surface area contributed by atoms with Crippen LogP contribution in [0.3, 0.4) is 0 Å². The van der Waals surface area contributed by atoms with Crippen LogP contribution in [0.25, 0.3) is 0 Å². The lowest BCUT2D eigenvalue weighted by Gasteiger charge is -2.48. The Kier molecular flexibility index (Phi) is 11.4. The number of nitrogens with zero attached hydrogens (tertiary/aromatic N) is 7. The number of amides is 2. The molecule has 4 aliphatic heterocycles. The lowest BCUT2D eigenvalue weighted by molar-refractivity contribution is -0.123. The van der Waals surface area contributed by atoms with Crippen LogP contribution in [0.1, 0.15) is 57.9 Å². The fourth-order valence-electron chi connectivity index (χ4n) is 7.73. The number of aromatic nitrogens is 2. The summed E-state index contributed by atoms with van der Waals surface area (Å²) in [4.78, 5) is 43.8. The Hall–Kier alpha value is -3.62. The van der Waals surface area contributed by atoms with E-state index in [1.807, 2.05) is 6.07 Å². The summed E-state index contributed by atoms with van der Waals surface area (Å²) in [7, 11) is 0. The molecule has 6 rings (SSSR count). The second-order valence-corrected chi connectivity index (χ2v) is 15.4. The van der Waals surface area contributed by atoms with E-state index in [2.05, 4.69) is 54.0 Å². The normalized spacial score (nSPS) is 21.7. The molecule has 2 aromatic rings. The Balaban J connectivity index is 0.978. The minimum Gasteiger partial charge on any atom is -0.370 e. The number of likely N-dealkylation sites (tertiary alicyclic amines) is 1. The van der Waals surface area contributed by atoms with Gasteiger partial charge in [-0.25, -0.2) is 18.7 Å². The second-order valence-electron chi connectivity index (χ2n) is 15.4. The molecule has 0 saturated carbocycles. The molecule has 4 fully saturated rings. The number of piperazine rings is 2. The highest BCUT2D eigenvalue weighted by atomic mass is 19.1. The summed E-state index contributed by atoms with van der Waals surface area (Å²) in [6, 6.07) is 4.57. The zero-order chi connectivity index (χ0) is 35.3. The monoisotopic (exact) mass is 696 g/mol. The molecule has 0 atom stereocenters. The maximum absolute atomic E-state index is 15.6. The summed E-state index contributed by atoms with van der Waals surface area (Å²) in [5.41, 5.74) is 5.55. The van der Waals surface area contributed by atoms with Crippen LogP contribution in [-0.2, 0) is 16.1 Å². The fraction of sp³-hybridized carbons (Fsp3) is 0.667. The van der Waals surface area contributed by atoms with Gasteiger partial charge in [0.15, 0.2) is 0 Å². The number of carbonyl (C=O) groups excluding carboxylic acids is 2. The predicted octanol–water partition coefficient (Wildman–Crippen LogP) is 2.65. The van der Waals surface area contributed by atoms with Crippen molar-refractivity contribution in [1.82, 2.24) is 30.0 Å². The topological polar surface area (TPSA) is 126 Å². The van der Waals surface area contributed by atoms with Gasteiger partial charge in [-0.05, 0) is 63.2 Å². The third kappa shape index (κ3) is 9.38. The van der Waals surface area contributed by atoms with E-state index in [0.29, 0.717) is 51.0 Å². The molecule has 5 heterocycles. The number of halogens is 2. The predicted molar refractivity (Wildman–Crippen MR) is 191 cm³/mol. The number of hydrogen-bond acceptors (Lipinski definition) is 10. The van der Waals surface area contributed by atoms with Gasteiger partial charge in [0.1, 0.15) is 29.6 Å². The lowest BCUT2D eigenvalue weighted by atomic mass is 9.82. The summed E-state index contributed by atoms with van der Waals surface area (Å²) in [6.45, 7) is 14.8. The van der Waals surface area contributed by atoms with Gasteiger partial charge >= 0.3 is 0 Å². The molecule has 12 nitrogen and oxygen atoms in total. The van der Waals surface area contributed by atoms with Crippen molar-refractivity contribution in [1.29, 1.82) is 0 Å². The maximum Gasteiger partial charge on any atom is 0.240 e. The standard InChI is InChI=1S/C36H54F2N10O2/c1-35(2)5-12-46(13-6-35)23-27-20-29(38)30(21-28(27)37)48-24-34(50)43-36(25-48)7-14-47(15-8-36)33-22-32(41-26-42-33)40-9-3-10-44-16-18-45(19-17-44)11-4-31(39)49/h20-22,26H,3-19,23-25H2,1-2H3,(H2,39,49)(H,43,50)(H,40,41,42). The third-order valence-electron chi connectivity index (χ3n) is 11.1. The first-order valence-electron chi connectivity index (χ1n) is 18.3. The van der Waals surface area contributed by atoms with Crippen molar-refractivity contribution in [3.63, 3.8) is 0 Å². The molecule has 0 bridgehead atoms. The van der Waals surface area contributed by atoms with E-state index >= 15 is 8.78 Å². The molecule has 274 valence electrons. The number of rotatable bonds is 12. The molecule has 0 unspecified atom stereocenters. The summed E-state index contributed by atoms with van der Waals surface area (Å²) in [6.07, 6.45) is 6.35. The Labute approximate surface area is 294 Å². The number of nitrogens with two attached hydrogens (primary N) is 1. The third-order valence-corrected chi connectivity index (χ3v) is 11.1. The van der Waals surface area contributed by atoms with Gasteiger partial charge in [-0.1, -0.05) is 13.8 Å². The summed E-state index contributed by atoms with van der Waals surface area (Å²) >= 11 is 0. The lowest BCUT2D eigenvalue weighted by Crippen LogP contribution is -2.66. The van der Waals surface area contributed by atoms with E-state index < -0.39 is 17.2 Å². The fourth-order valence-corrected chi connectivity index (χ4v) is 7.73. The highest BCUT2D eigenvalue weighted by Gasteiger charge is 2.42. The molecule has 14 heteroatoms. The van der Waals surface area contributed by atoms with Crippen molar-refractivity contribution < 1.29 is 18.4 Å². The molecular formula is C36H54F2N10O2. The van der Waals surface area contributed by atoms with Gasteiger partial charge in [-0.15, -0.1) is 0 Å². The van der Waals surface area contributed by atoms with Gasteiger partial charge in [-0.3, -0.25) is 14.5 Å². The Morgan fingerprint density at radius 2 is 1.58 bits per heavy atom. The number of benzene rings is 1. The molecule has 0 aliphatic carbocycles. The molecular weight excluding hydrogens is 642 g/mol. The van der Waals surface area contributed by atoms with Crippen LogP contribution in [0, 0.1) is 17.0 Å². The first-order chi connectivity index (χ1) is 24.0. The molecule has 1 aromatic heterocycles. The van der Waals surface area contributed by atoms with Crippen LogP contribution in [-0.4, -0.2) is 127 Å². The Morgan fingerprint density at radius 1 is 0.880 bits per heavy atom. The van der Waals surface area contributed by atoms with Gasteiger partial charge < -0.3 is 36.0 Å². The van der Waals surface area contributed by atoms with Crippen molar-refractivity contribution in [3.8, 4) is 0 Å². The van der Waals surface area contributed by atoms with Crippen LogP contribution in [0.2, 0.25) is 0 Å². The van der Waals surface area contributed by atoms with Gasteiger partial charge in [0, 0.05) is 89.6 Å². The number of nitrogens with one attached hydrogen (secondary N) is 2. The van der Waals surface area contributed by atoms with Crippen LogP contribution >= 0.6 is 0 Å². The van der Waals surface area contributed by atoms with Gasteiger partial charge in [0.05, 0.1) is 17.8 Å². The smallest absolute Gasteiger partial charge is 0.240 e. The van der Waals surface area contributed by atoms with Crippen molar-refractivity contribution in [2.45, 2.75) is 64.5 Å². The minimum absolute atomic E-state index is 0.00349. The summed E-state index contributed by atoms with van der Waals surface area (Å²) in [5.74, 6) is 0.259. The first-order valence-corrected chi connectivity index (χ1v) is 18.3. The van der Waals surface area contributed by atoms with Crippen molar-refractivity contribution in [2.24, 2.45) is 11.1 Å². The van der Waals surface area contributed by atoms with Gasteiger partial charge in [0.25, 0.3) is 0 Å². The SMILES string of the molecule is CC1(C)CCN(Cc2cc(F)c(N3CC(=O)NC4(CCN(c5cc(NCCCN6CCN(CCC(N)=O)CC6)ncn5)CC4)C3)cc2F)CC1. The molecule has 50 heavy (non-hydrogen) atoms. The number of carbonyl (C=O) groups is 2. The van der Waals surface area contributed by atoms with Gasteiger partial charge in [0.2, 0.25) is 11.8 Å². The van der Waals surface area contributed by atoms with Crippen LogP contribution < -0.4 is 26.2 Å². The van der Waals surface area contributed by atoms with E-state index in [9.17, 15) is 9.59 Å². The highest BCUT2D eigenvalue weighted by molar-refractivity contribution is 5.84. The van der Waals surface area contributed by atoms with Crippen molar-refractivity contribution in [3.05, 3.63) is 41.7 Å². The number of piperidine rings is 2. The molecule has 1 aromatic carbocycles. The van der Waals surface area contributed by atoms with Crippen LogP contribution in [0.15, 0.2) is 24.5 Å². The largest absolute Gasteiger partial charge is 0.370 e. The average molecular weight is 697 g/mol. The number of anilines is 3. The van der Waals surface area contributed by atoms with Crippen molar-refractivity contribution in [2.75, 3.05) is 100 Å². The van der Waals surface area contributed by atoms with E-state index in [0.717, 1.165) is 89.8 Å². The Morgan fingerprint density at radius 3 is 2.28 bits per heavy atom. The minimum atomic E-state index is -0.532. The molecule has 4 saturated heterocycles. The van der Waals surface area contributed by atoms with E-state index in [-0.39, 0.29) is 29.5 Å². The molecule has 1 spiro atoms. The van der Waals surface area contributed by atoms with Crippen LogP contribution in [0.5, 0.6) is 0 Å². The van der Waals surface area contributed by atoms with Gasteiger partial charge in [-0.2, -0.15) is 0 Å². The number of primary amides is 1. The summed E-state index contributed by atoms with van der Waals surface area (Å²) in [5, 5.41) is 6.63. The highest BCUT2D eigenvalue weighted by Crippen LogP contribution is 2.34. The van der Waals surface area contributed by atoms with Crippen LogP contribution in [0.4, 0.5) is 26.1 Å². The first kappa shape index (κ1) is 36.2. The summed E-state index contributed by atoms with van der Waals surface area (Å²) < 4.78 is 30.9. The van der Waals surface area contributed by atoms with Crippen molar-refractivity contribution >= 4 is 29.1 Å². The quantitative estimate of drug-likeness (QED) is 0.286. The molecule has 0 radical (unpaired) electrons. The molecule has 4 N–H and O–H groups in total. The zero-order valence-corrected chi connectivity index (χ0v) is 29.7. The number of hydrogen-bond donors (Lipinski definition) is 3. The van der Waals surface area contributed by atoms with E-state index in [1.165, 1.54) is 12.1 Å². The zero-order valence-electron chi connectivity index (χ0n) is 29.7. The molecule has 4 aliphatic rings.